The molecule has 1 rings (SSSR count). The van der Waals surface area contributed by atoms with Gasteiger partial charge in [0.15, 0.2) is 0 Å². The van der Waals surface area contributed by atoms with E-state index in [1.54, 1.807) is 12.4 Å². The van der Waals surface area contributed by atoms with E-state index in [4.69, 9.17) is 0 Å². The maximum absolute atomic E-state index is 4.45. The predicted molar refractivity (Wildman–Crippen MR) is 59.4 cm³/mol. The van der Waals surface area contributed by atoms with Crippen molar-refractivity contribution in [3.05, 3.63) is 23.8 Å². The van der Waals surface area contributed by atoms with Gasteiger partial charge in [-0.2, -0.15) is 0 Å². The Balaban J connectivity index is 3.31. The molecule has 0 N–H and O–H groups in total. The molecule has 0 saturated heterocycles. The summed E-state index contributed by atoms with van der Waals surface area (Å²) in [5, 5.41) is 0. The summed E-state index contributed by atoms with van der Waals surface area (Å²) >= 11 is 0. The van der Waals surface area contributed by atoms with E-state index in [1.807, 2.05) is 0 Å². The largest absolute Gasteiger partial charge is 0.257 e. The van der Waals surface area contributed by atoms with Crippen molar-refractivity contribution >= 4 is 0 Å². The van der Waals surface area contributed by atoms with E-state index in [0.717, 1.165) is 11.4 Å². The van der Waals surface area contributed by atoms with Gasteiger partial charge in [-0.3, -0.25) is 9.97 Å². The van der Waals surface area contributed by atoms with Crippen LogP contribution in [0.4, 0.5) is 0 Å². The van der Waals surface area contributed by atoms with Gasteiger partial charge in [0.25, 0.3) is 0 Å². The van der Waals surface area contributed by atoms with E-state index in [0.29, 0.717) is 0 Å². The van der Waals surface area contributed by atoms with E-state index < -0.39 is 0 Å². The van der Waals surface area contributed by atoms with Crippen molar-refractivity contribution < 1.29 is 0 Å². The van der Waals surface area contributed by atoms with E-state index in [1.165, 1.54) is 0 Å². The van der Waals surface area contributed by atoms with Crippen molar-refractivity contribution in [3.63, 3.8) is 0 Å². The Morgan fingerprint density at radius 1 is 0.714 bits per heavy atom. The third-order valence-electron chi connectivity index (χ3n) is 2.12. The topological polar surface area (TPSA) is 25.8 Å². The third-order valence-corrected chi connectivity index (χ3v) is 2.12. The fourth-order valence-corrected chi connectivity index (χ4v) is 1.44. The Kier molecular flexibility index (Phi) is 2.66. The van der Waals surface area contributed by atoms with Gasteiger partial charge < -0.3 is 0 Å². The van der Waals surface area contributed by atoms with Gasteiger partial charge in [0.2, 0.25) is 0 Å². The first-order chi connectivity index (χ1) is 6.23. The van der Waals surface area contributed by atoms with Crippen molar-refractivity contribution in [1.82, 2.24) is 9.97 Å². The van der Waals surface area contributed by atoms with E-state index in [-0.39, 0.29) is 10.8 Å². The number of hydrogen-bond acceptors (Lipinski definition) is 2. The minimum atomic E-state index is 0.0663. The number of aromatic nitrogens is 2. The van der Waals surface area contributed by atoms with Gasteiger partial charge in [-0.1, -0.05) is 41.5 Å². The molecule has 0 aliphatic heterocycles. The smallest absolute Gasteiger partial charge is 0.0677 e. The molecule has 0 saturated carbocycles. The SMILES string of the molecule is CC(C)(C)c1nccnc1C(C)(C)C. The Bertz CT molecular complexity index is 283. The van der Waals surface area contributed by atoms with Gasteiger partial charge >= 0.3 is 0 Å². The van der Waals surface area contributed by atoms with Crippen LogP contribution in [0.1, 0.15) is 52.9 Å². The first-order valence-corrected chi connectivity index (χ1v) is 5.05. The van der Waals surface area contributed by atoms with Crippen LogP contribution in [0.2, 0.25) is 0 Å². The van der Waals surface area contributed by atoms with Gasteiger partial charge in [0.1, 0.15) is 0 Å². The van der Waals surface area contributed by atoms with Gasteiger partial charge in [0, 0.05) is 23.2 Å². The number of rotatable bonds is 0. The van der Waals surface area contributed by atoms with Crippen LogP contribution in [0.25, 0.3) is 0 Å². The molecule has 14 heavy (non-hydrogen) atoms. The normalized spacial score (nSPS) is 13.0. The lowest BCUT2D eigenvalue weighted by Gasteiger charge is -2.27. The zero-order chi connectivity index (χ0) is 11.0. The maximum Gasteiger partial charge on any atom is 0.0677 e. The predicted octanol–water partition coefficient (Wildman–Crippen LogP) is 3.07. The molecule has 78 valence electrons. The molecule has 1 heterocycles. The summed E-state index contributed by atoms with van der Waals surface area (Å²) in [5.41, 5.74) is 2.34. The van der Waals surface area contributed by atoms with Crippen LogP contribution in [-0.4, -0.2) is 9.97 Å². The standard InChI is InChI=1S/C12H20N2/c1-11(2,3)9-10(12(4,5)6)14-8-7-13-9/h7-8H,1-6H3. The highest BCUT2D eigenvalue weighted by Gasteiger charge is 2.27. The van der Waals surface area contributed by atoms with Gasteiger partial charge in [0.05, 0.1) is 11.4 Å². The van der Waals surface area contributed by atoms with Gasteiger partial charge in [-0.15, -0.1) is 0 Å². The zero-order valence-electron chi connectivity index (χ0n) is 10.0. The molecule has 1 aromatic rings. The second kappa shape index (κ2) is 3.34. The molecule has 0 aromatic carbocycles. The van der Waals surface area contributed by atoms with Gasteiger partial charge in [-0.05, 0) is 0 Å². The summed E-state index contributed by atoms with van der Waals surface area (Å²) in [6.07, 6.45) is 3.55. The van der Waals surface area contributed by atoms with Crippen LogP contribution < -0.4 is 0 Å². The Hall–Kier alpha value is -0.920. The highest BCUT2D eigenvalue weighted by atomic mass is 14.8. The Morgan fingerprint density at radius 3 is 1.21 bits per heavy atom. The molecule has 0 atom stereocenters. The monoisotopic (exact) mass is 192 g/mol. The van der Waals surface area contributed by atoms with Crippen molar-refractivity contribution in [2.24, 2.45) is 0 Å². The molecule has 0 radical (unpaired) electrons. The molecule has 0 unspecified atom stereocenters. The van der Waals surface area contributed by atoms with Crippen LogP contribution >= 0.6 is 0 Å². The summed E-state index contributed by atoms with van der Waals surface area (Å²) in [4.78, 5) is 8.91. The van der Waals surface area contributed by atoms with Crippen molar-refractivity contribution in [2.45, 2.75) is 52.4 Å². The molecule has 0 fully saturated rings. The van der Waals surface area contributed by atoms with E-state index in [9.17, 15) is 0 Å². The second-order valence-corrected chi connectivity index (χ2v) is 5.75. The quantitative estimate of drug-likeness (QED) is 0.631. The maximum atomic E-state index is 4.45. The Labute approximate surface area is 86.8 Å². The lowest BCUT2D eigenvalue weighted by molar-refractivity contribution is 0.498. The first-order valence-electron chi connectivity index (χ1n) is 5.05. The third kappa shape index (κ3) is 2.31. The molecule has 2 nitrogen and oxygen atoms in total. The first kappa shape index (κ1) is 11.2. The summed E-state index contributed by atoms with van der Waals surface area (Å²) < 4.78 is 0. The fraction of sp³-hybridized carbons (Fsp3) is 0.667. The fourth-order valence-electron chi connectivity index (χ4n) is 1.44. The average molecular weight is 192 g/mol. The van der Waals surface area contributed by atoms with Crippen LogP contribution in [0, 0.1) is 0 Å². The van der Waals surface area contributed by atoms with Crippen LogP contribution in [0.5, 0.6) is 0 Å². The lowest BCUT2D eigenvalue weighted by atomic mass is 9.81. The minimum Gasteiger partial charge on any atom is -0.257 e. The summed E-state index contributed by atoms with van der Waals surface area (Å²) in [6.45, 7) is 13.0. The van der Waals surface area contributed by atoms with Crippen LogP contribution in [-0.2, 0) is 10.8 Å². The molecule has 1 aromatic heterocycles. The zero-order valence-corrected chi connectivity index (χ0v) is 10.0. The molecule has 0 bridgehead atoms. The highest BCUT2D eigenvalue weighted by Crippen LogP contribution is 2.29. The molecule has 0 spiro atoms. The van der Waals surface area contributed by atoms with Crippen LogP contribution in [0.3, 0.4) is 0 Å². The molecule has 2 heteroatoms. The van der Waals surface area contributed by atoms with Crippen molar-refractivity contribution in [3.8, 4) is 0 Å². The number of hydrogen-bond donors (Lipinski definition) is 0. The van der Waals surface area contributed by atoms with E-state index in [2.05, 4.69) is 51.5 Å². The molecular formula is C12H20N2. The highest BCUT2D eigenvalue weighted by molar-refractivity contribution is 5.25. The van der Waals surface area contributed by atoms with Crippen molar-refractivity contribution in [1.29, 1.82) is 0 Å². The number of nitrogens with zero attached hydrogens (tertiary/aromatic N) is 2. The second-order valence-electron chi connectivity index (χ2n) is 5.75. The summed E-state index contributed by atoms with van der Waals surface area (Å²) in [7, 11) is 0. The minimum absolute atomic E-state index is 0.0663. The lowest BCUT2D eigenvalue weighted by Crippen LogP contribution is -2.24. The summed E-state index contributed by atoms with van der Waals surface area (Å²) in [5.74, 6) is 0. The molecule has 0 aliphatic carbocycles. The summed E-state index contributed by atoms with van der Waals surface area (Å²) in [6, 6.07) is 0. The van der Waals surface area contributed by atoms with Gasteiger partial charge in [-0.25, -0.2) is 0 Å². The average Bonchev–Trinajstić information content (AvgIpc) is 2.01. The molecular weight excluding hydrogens is 172 g/mol. The van der Waals surface area contributed by atoms with Crippen LogP contribution in [0.15, 0.2) is 12.4 Å². The van der Waals surface area contributed by atoms with E-state index >= 15 is 0 Å². The Morgan fingerprint density at radius 2 is 1.00 bits per heavy atom. The molecule has 0 amide bonds. The molecule has 0 aliphatic rings. The van der Waals surface area contributed by atoms with Crippen molar-refractivity contribution in [2.75, 3.05) is 0 Å².